The number of unbranched alkanes of at least 4 members (excludes halogenated alkanes) is 29. The second kappa shape index (κ2) is 45.5. The Labute approximate surface area is 409 Å². The van der Waals surface area contributed by atoms with Crippen LogP contribution in [0.25, 0.3) is 0 Å². The molecule has 1 fully saturated rings. The van der Waals surface area contributed by atoms with Crippen LogP contribution >= 0.6 is 0 Å². The molecule has 9 unspecified atom stereocenters. The number of allylic oxidation sites excluding steroid dienone is 6. The number of aliphatic hydroxyl groups is 7. The summed E-state index contributed by atoms with van der Waals surface area (Å²) in [5.74, 6) is -0.714. The third-order valence-electron chi connectivity index (χ3n) is 13.4. The average Bonchev–Trinajstić information content (AvgIpc) is 3.33. The maximum Gasteiger partial charge on any atom is 0.249 e. The molecule has 1 rings (SSSR count). The number of carbonyl (C=O) groups is 1. The quantitative estimate of drug-likeness (QED) is 0.0215. The predicted octanol–water partition coefficient (Wildman–Crippen LogP) is 11.1. The highest BCUT2D eigenvalue weighted by atomic mass is 16.7. The molecule has 1 aliphatic heterocycles. The van der Waals surface area contributed by atoms with Crippen LogP contribution in [0.5, 0.6) is 0 Å². The van der Waals surface area contributed by atoms with Crippen molar-refractivity contribution in [3.63, 3.8) is 0 Å². The lowest BCUT2D eigenvalue weighted by Gasteiger charge is -2.40. The molecule has 1 amide bonds. The Kier molecular flexibility index (Phi) is 43.0. The van der Waals surface area contributed by atoms with Gasteiger partial charge in [0.25, 0.3) is 0 Å². The van der Waals surface area contributed by atoms with Crippen LogP contribution in [0.1, 0.15) is 245 Å². The summed E-state index contributed by atoms with van der Waals surface area (Å²) in [4.78, 5) is 13.2. The van der Waals surface area contributed by atoms with Crippen molar-refractivity contribution in [2.45, 2.75) is 300 Å². The average molecular weight is 952 g/mol. The van der Waals surface area contributed by atoms with Gasteiger partial charge in [0.1, 0.15) is 36.6 Å². The van der Waals surface area contributed by atoms with E-state index in [-0.39, 0.29) is 12.8 Å². The van der Waals surface area contributed by atoms with E-state index in [0.29, 0.717) is 19.3 Å². The molecule has 0 aromatic rings. The van der Waals surface area contributed by atoms with Crippen molar-refractivity contribution in [2.75, 3.05) is 13.2 Å². The Morgan fingerprint density at radius 2 is 0.896 bits per heavy atom. The zero-order chi connectivity index (χ0) is 49.0. The van der Waals surface area contributed by atoms with Crippen molar-refractivity contribution in [3.8, 4) is 0 Å². The van der Waals surface area contributed by atoms with E-state index in [1.54, 1.807) is 0 Å². The minimum atomic E-state index is -1.67. The molecule has 1 aliphatic rings. The molecule has 0 bridgehead atoms. The third kappa shape index (κ3) is 34.3. The summed E-state index contributed by atoms with van der Waals surface area (Å²) in [6.45, 7) is 3.44. The Balaban J connectivity index is 2.37. The lowest BCUT2D eigenvalue weighted by atomic mass is 9.98. The number of ether oxygens (including phenoxy) is 2. The molecule has 67 heavy (non-hydrogen) atoms. The smallest absolute Gasteiger partial charge is 0.249 e. The van der Waals surface area contributed by atoms with Crippen LogP contribution in [0.15, 0.2) is 36.5 Å². The van der Waals surface area contributed by atoms with Crippen molar-refractivity contribution >= 4 is 5.91 Å². The Bertz CT molecular complexity index is 1180. The van der Waals surface area contributed by atoms with Crippen LogP contribution < -0.4 is 5.32 Å². The Hall–Kier alpha value is -1.67. The number of rotatable bonds is 47. The van der Waals surface area contributed by atoms with Crippen molar-refractivity contribution in [2.24, 2.45) is 0 Å². The van der Waals surface area contributed by atoms with Gasteiger partial charge in [0.2, 0.25) is 5.91 Å². The molecule has 0 radical (unpaired) electrons. The van der Waals surface area contributed by atoms with Crippen LogP contribution in [0.2, 0.25) is 0 Å². The first-order chi connectivity index (χ1) is 32.7. The van der Waals surface area contributed by atoms with E-state index in [2.05, 4.69) is 55.6 Å². The molecule has 0 spiro atoms. The molecule has 11 heteroatoms. The zero-order valence-corrected chi connectivity index (χ0v) is 42.9. The fourth-order valence-corrected chi connectivity index (χ4v) is 8.81. The van der Waals surface area contributed by atoms with Crippen LogP contribution in [-0.2, 0) is 14.3 Å². The summed E-state index contributed by atoms with van der Waals surface area (Å²) in [7, 11) is 0. The van der Waals surface area contributed by atoms with Crippen LogP contribution in [0.4, 0.5) is 0 Å². The van der Waals surface area contributed by atoms with Gasteiger partial charge in [-0.15, -0.1) is 0 Å². The zero-order valence-electron chi connectivity index (χ0n) is 42.9. The lowest BCUT2D eigenvalue weighted by molar-refractivity contribution is -0.303. The topological polar surface area (TPSA) is 189 Å². The van der Waals surface area contributed by atoms with Gasteiger partial charge in [0.05, 0.1) is 25.4 Å². The molecule has 1 heterocycles. The minimum absolute atomic E-state index is 0.244. The summed E-state index contributed by atoms with van der Waals surface area (Å²) in [6.07, 6.45) is 43.4. The van der Waals surface area contributed by atoms with Gasteiger partial charge in [-0.2, -0.15) is 0 Å². The van der Waals surface area contributed by atoms with E-state index in [4.69, 9.17) is 9.47 Å². The van der Waals surface area contributed by atoms with E-state index in [1.807, 2.05) is 0 Å². The molecule has 11 nitrogen and oxygen atoms in total. The highest BCUT2D eigenvalue weighted by Gasteiger charge is 2.44. The molecule has 0 aromatic carbocycles. The van der Waals surface area contributed by atoms with Gasteiger partial charge in [0, 0.05) is 0 Å². The number of aliphatic hydroxyl groups excluding tert-OH is 7. The van der Waals surface area contributed by atoms with Crippen LogP contribution in [0.3, 0.4) is 0 Å². The minimum Gasteiger partial charge on any atom is -0.394 e. The van der Waals surface area contributed by atoms with Gasteiger partial charge in [-0.1, -0.05) is 204 Å². The fraction of sp³-hybridized carbons (Fsp3) is 0.875. The van der Waals surface area contributed by atoms with Crippen LogP contribution in [0, 0.1) is 0 Å². The first-order valence-electron chi connectivity index (χ1n) is 27.9. The van der Waals surface area contributed by atoms with Gasteiger partial charge in [-0.3, -0.25) is 4.79 Å². The van der Waals surface area contributed by atoms with Gasteiger partial charge in [0.15, 0.2) is 6.29 Å². The van der Waals surface area contributed by atoms with E-state index in [1.165, 1.54) is 141 Å². The second-order valence-electron chi connectivity index (χ2n) is 19.6. The Morgan fingerprint density at radius 3 is 1.33 bits per heavy atom. The molecular formula is C56H105NO10. The van der Waals surface area contributed by atoms with E-state index in [9.17, 15) is 40.5 Å². The fourth-order valence-electron chi connectivity index (χ4n) is 8.81. The van der Waals surface area contributed by atoms with E-state index < -0.39 is 74.2 Å². The summed E-state index contributed by atoms with van der Waals surface area (Å²) >= 11 is 0. The van der Waals surface area contributed by atoms with Crippen molar-refractivity contribution in [1.82, 2.24) is 5.32 Å². The van der Waals surface area contributed by atoms with Gasteiger partial charge < -0.3 is 50.5 Å². The highest BCUT2D eigenvalue weighted by Crippen LogP contribution is 2.23. The standard InChI is InChI=1S/C56H105NO10/c1-3-5-7-9-11-13-15-17-19-21-23-24-25-26-28-30-32-34-36-38-40-42-44-49(60)55(65)57-47(46-66-56-54(64)53(63)52(62)50(45-58)67-56)51(61)48(59)43-41-39-37-35-33-31-29-27-22-20-18-16-14-12-10-8-6-4-2/h26-29,35,37,47-54,56,58-64H,3-25,30-34,36,38-46H2,1-2H3,(H,57,65)/b28-26-,29-27+,37-35+. The number of hydrogen-bond donors (Lipinski definition) is 8. The summed E-state index contributed by atoms with van der Waals surface area (Å²) in [5.41, 5.74) is 0. The van der Waals surface area contributed by atoms with Gasteiger partial charge >= 0.3 is 0 Å². The molecule has 0 aromatic heterocycles. The maximum absolute atomic E-state index is 13.2. The molecular weight excluding hydrogens is 847 g/mol. The van der Waals surface area contributed by atoms with E-state index >= 15 is 0 Å². The number of hydrogen-bond acceptors (Lipinski definition) is 10. The Morgan fingerprint density at radius 1 is 0.507 bits per heavy atom. The first kappa shape index (κ1) is 63.3. The first-order valence-corrected chi connectivity index (χ1v) is 27.9. The molecule has 394 valence electrons. The van der Waals surface area contributed by atoms with Crippen molar-refractivity contribution in [1.29, 1.82) is 0 Å². The molecule has 9 atom stereocenters. The number of nitrogens with one attached hydrogen (secondary N) is 1. The third-order valence-corrected chi connectivity index (χ3v) is 13.4. The van der Waals surface area contributed by atoms with Gasteiger partial charge in [-0.25, -0.2) is 0 Å². The predicted molar refractivity (Wildman–Crippen MR) is 275 cm³/mol. The van der Waals surface area contributed by atoms with Crippen LogP contribution in [-0.4, -0.2) is 110 Å². The summed E-state index contributed by atoms with van der Waals surface area (Å²) in [5, 5.41) is 76.0. The summed E-state index contributed by atoms with van der Waals surface area (Å²) < 4.78 is 11.1. The van der Waals surface area contributed by atoms with E-state index in [0.717, 1.165) is 57.8 Å². The maximum atomic E-state index is 13.2. The molecule has 0 saturated carbocycles. The monoisotopic (exact) mass is 952 g/mol. The molecule has 0 aliphatic carbocycles. The molecule has 8 N–H and O–H groups in total. The summed E-state index contributed by atoms with van der Waals surface area (Å²) in [6, 6.07) is -1.19. The SMILES string of the molecule is CCCCCCCCCCC/C=C/CC/C=C/CCCC(O)C(O)C(COC1OC(CO)C(O)C(O)C1O)NC(=O)C(O)CCCCCCCC/C=C\CCCCCCCCCCCCCC. The van der Waals surface area contributed by atoms with Crippen molar-refractivity contribution in [3.05, 3.63) is 36.5 Å². The van der Waals surface area contributed by atoms with Gasteiger partial charge in [-0.05, 0) is 77.0 Å². The molecule has 1 saturated heterocycles. The number of carbonyl (C=O) groups excluding carboxylic acids is 1. The number of amides is 1. The largest absolute Gasteiger partial charge is 0.394 e. The lowest BCUT2D eigenvalue weighted by Crippen LogP contribution is -2.60. The highest BCUT2D eigenvalue weighted by molar-refractivity contribution is 5.80. The van der Waals surface area contributed by atoms with Crippen molar-refractivity contribution < 1.29 is 50.0 Å². The second-order valence-corrected chi connectivity index (χ2v) is 19.6. The normalized spacial score (nSPS) is 20.9.